The first-order valence-electron chi connectivity index (χ1n) is 18.6. The van der Waals surface area contributed by atoms with E-state index in [9.17, 15) is 0 Å². The van der Waals surface area contributed by atoms with Crippen molar-refractivity contribution in [2.75, 3.05) is 4.90 Å². The van der Waals surface area contributed by atoms with E-state index in [1.807, 2.05) is 36.4 Å². The minimum Gasteiger partial charge on any atom is -0.434 e. The summed E-state index contributed by atoms with van der Waals surface area (Å²) in [7, 11) is 0. The van der Waals surface area contributed by atoms with Crippen LogP contribution >= 0.6 is 0 Å². The number of rotatable bonds is 6. The minimum absolute atomic E-state index is 0.595. The van der Waals surface area contributed by atoms with Gasteiger partial charge in [0, 0.05) is 33.1 Å². The van der Waals surface area contributed by atoms with Gasteiger partial charge >= 0.3 is 0 Å². The first-order chi connectivity index (χ1) is 27.3. The molecule has 55 heavy (non-hydrogen) atoms. The number of fused-ring (bicyclic) bond motifs is 7. The molecule has 0 aliphatic carbocycles. The van der Waals surface area contributed by atoms with E-state index in [2.05, 4.69) is 173 Å². The molecule has 0 atom stereocenters. The Hall–Kier alpha value is -7.43. The SMILES string of the molecule is c1ccc(-c2nc3cccc(N(c4cccc(-c5cccc6ccccc56)c4)c4cccc5c4c4ccc6ccccc6c4n5-c4ccccc4)c3o2)cc1. The zero-order valence-corrected chi connectivity index (χ0v) is 29.8. The fraction of sp³-hybridized carbons (Fsp3) is 0. The molecule has 9 aromatic carbocycles. The number of anilines is 3. The molecule has 0 aliphatic rings. The van der Waals surface area contributed by atoms with Crippen LogP contribution in [-0.2, 0) is 0 Å². The summed E-state index contributed by atoms with van der Waals surface area (Å²) in [5.74, 6) is 0.595. The van der Waals surface area contributed by atoms with Crippen molar-refractivity contribution in [3.05, 3.63) is 200 Å². The second-order valence-corrected chi connectivity index (χ2v) is 13.9. The second-order valence-electron chi connectivity index (χ2n) is 13.9. The summed E-state index contributed by atoms with van der Waals surface area (Å²) in [5.41, 5.74) is 11.2. The van der Waals surface area contributed by atoms with Crippen LogP contribution in [0.2, 0.25) is 0 Å². The number of para-hydroxylation sites is 2. The smallest absolute Gasteiger partial charge is 0.227 e. The summed E-state index contributed by atoms with van der Waals surface area (Å²) < 4.78 is 9.18. The van der Waals surface area contributed by atoms with Crippen LogP contribution < -0.4 is 4.90 Å². The molecule has 0 N–H and O–H groups in total. The van der Waals surface area contributed by atoms with Crippen LogP contribution in [0.15, 0.2) is 205 Å². The van der Waals surface area contributed by atoms with Gasteiger partial charge in [-0.3, -0.25) is 0 Å². The number of hydrogen-bond donors (Lipinski definition) is 0. The van der Waals surface area contributed by atoms with Gasteiger partial charge in [0.15, 0.2) is 5.58 Å². The summed E-state index contributed by atoms with van der Waals surface area (Å²) in [6.07, 6.45) is 0. The lowest BCUT2D eigenvalue weighted by Crippen LogP contribution is -2.11. The Morgan fingerprint density at radius 3 is 1.98 bits per heavy atom. The number of aromatic nitrogens is 2. The monoisotopic (exact) mass is 703 g/mol. The van der Waals surface area contributed by atoms with E-state index in [4.69, 9.17) is 9.40 Å². The molecule has 258 valence electrons. The Morgan fingerprint density at radius 2 is 1.13 bits per heavy atom. The maximum atomic E-state index is 6.76. The molecule has 0 fully saturated rings. The molecule has 0 amide bonds. The van der Waals surface area contributed by atoms with E-state index in [1.165, 1.54) is 38.0 Å². The Balaban J connectivity index is 1.24. The summed E-state index contributed by atoms with van der Waals surface area (Å²) in [5, 5.41) is 7.18. The van der Waals surface area contributed by atoms with E-state index in [-0.39, 0.29) is 0 Å². The van der Waals surface area contributed by atoms with Crippen LogP contribution in [0, 0.1) is 0 Å². The first-order valence-corrected chi connectivity index (χ1v) is 18.6. The number of hydrogen-bond acceptors (Lipinski definition) is 3. The van der Waals surface area contributed by atoms with Crippen molar-refractivity contribution in [2.24, 2.45) is 0 Å². The molecule has 11 rings (SSSR count). The predicted molar refractivity (Wildman–Crippen MR) is 229 cm³/mol. The van der Waals surface area contributed by atoms with Gasteiger partial charge in [0.25, 0.3) is 0 Å². The van der Waals surface area contributed by atoms with Crippen LogP contribution in [0.1, 0.15) is 0 Å². The van der Waals surface area contributed by atoms with Crippen LogP contribution in [0.3, 0.4) is 0 Å². The summed E-state index contributed by atoms with van der Waals surface area (Å²) in [4.78, 5) is 7.37. The molecule has 0 unspecified atom stereocenters. The Morgan fingerprint density at radius 1 is 0.473 bits per heavy atom. The molecular formula is C51H33N3O. The largest absolute Gasteiger partial charge is 0.434 e. The highest BCUT2D eigenvalue weighted by molar-refractivity contribution is 6.23. The fourth-order valence-corrected chi connectivity index (χ4v) is 8.35. The highest BCUT2D eigenvalue weighted by atomic mass is 16.3. The van der Waals surface area contributed by atoms with Crippen LogP contribution in [-0.4, -0.2) is 9.55 Å². The molecule has 4 nitrogen and oxygen atoms in total. The van der Waals surface area contributed by atoms with Crippen LogP contribution in [0.5, 0.6) is 0 Å². The van der Waals surface area contributed by atoms with E-state index in [0.717, 1.165) is 55.9 Å². The Kier molecular flexibility index (Phi) is 7.14. The molecule has 0 bridgehead atoms. The van der Waals surface area contributed by atoms with E-state index >= 15 is 0 Å². The fourth-order valence-electron chi connectivity index (χ4n) is 8.35. The van der Waals surface area contributed by atoms with Crippen molar-refractivity contribution in [3.8, 4) is 28.3 Å². The number of nitrogens with zero attached hydrogens (tertiary/aromatic N) is 3. The van der Waals surface area contributed by atoms with Gasteiger partial charge in [-0.2, -0.15) is 0 Å². The van der Waals surface area contributed by atoms with Crippen LogP contribution in [0.4, 0.5) is 17.1 Å². The minimum atomic E-state index is 0.595. The first kappa shape index (κ1) is 31.1. The molecule has 0 aliphatic heterocycles. The van der Waals surface area contributed by atoms with Gasteiger partial charge in [0.2, 0.25) is 5.89 Å². The third-order valence-electron chi connectivity index (χ3n) is 10.8. The Bertz CT molecular complexity index is 3210. The summed E-state index contributed by atoms with van der Waals surface area (Å²) in [6, 6.07) is 71.0. The predicted octanol–water partition coefficient (Wildman–Crippen LogP) is 14.0. The highest BCUT2D eigenvalue weighted by Crippen LogP contribution is 2.48. The quantitative estimate of drug-likeness (QED) is 0.173. The van der Waals surface area contributed by atoms with Crippen molar-refractivity contribution in [3.63, 3.8) is 0 Å². The Labute approximate surface area is 317 Å². The van der Waals surface area contributed by atoms with Gasteiger partial charge in [0.05, 0.1) is 22.4 Å². The van der Waals surface area contributed by atoms with Gasteiger partial charge in [-0.25, -0.2) is 4.98 Å². The maximum absolute atomic E-state index is 6.76. The molecule has 2 heterocycles. The average molecular weight is 704 g/mol. The lowest BCUT2D eigenvalue weighted by atomic mass is 9.97. The lowest BCUT2D eigenvalue weighted by molar-refractivity contribution is 0.620. The highest BCUT2D eigenvalue weighted by Gasteiger charge is 2.25. The van der Waals surface area contributed by atoms with E-state index < -0.39 is 0 Å². The van der Waals surface area contributed by atoms with Gasteiger partial charge in [-0.15, -0.1) is 0 Å². The molecule has 0 spiro atoms. The maximum Gasteiger partial charge on any atom is 0.227 e. The average Bonchev–Trinajstić information content (AvgIpc) is 3.85. The molecule has 4 heteroatoms. The van der Waals surface area contributed by atoms with Crippen molar-refractivity contribution < 1.29 is 4.42 Å². The molecular weight excluding hydrogens is 671 g/mol. The molecule has 0 saturated carbocycles. The van der Waals surface area contributed by atoms with Gasteiger partial charge in [-0.05, 0) is 87.9 Å². The molecule has 0 saturated heterocycles. The molecule has 2 aromatic heterocycles. The van der Waals surface area contributed by atoms with E-state index in [1.54, 1.807) is 0 Å². The molecule has 0 radical (unpaired) electrons. The van der Waals surface area contributed by atoms with Gasteiger partial charge in [-0.1, -0.05) is 140 Å². The van der Waals surface area contributed by atoms with Crippen molar-refractivity contribution in [1.82, 2.24) is 9.55 Å². The molecule has 11 aromatic rings. The van der Waals surface area contributed by atoms with Gasteiger partial charge < -0.3 is 13.9 Å². The van der Waals surface area contributed by atoms with Crippen molar-refractivity contribution in [1.29, 1.82) is 0 Å². The number of oxazole rings is 1. The normalized spacial score (nSPS) is 11.6. The van der Waals surface area contributed by atoms with E-state index in [0.29, 0.717) is 5.89 Å². The van der Waals surface area contributed by atoms with Crippen LogP contribution in [0.25, 0.3) is 82.7 Å². The summed E-state index contributed by atoms with van der Waals surface area (Å²) >= 11 is 0. The standard InChI is InChI=1S/C51H33N3O/c1-3-17-36(18-4-1)51-52-44-27-13-30-47(50(44)55-51)53(39-23-11-20-37(33-39)41-26-12-19-34-15-7-9-24-40(34)41)45-28-14-29-46-48(45)43-32-31-35-16-8-10-25-42(35)49(43)54(46)38-21-5-2-6-22-38/h1-33H. The third-order valence-corrected chi connectivity index (χ3v) is 10.8. The third kappa shape index (κ3) is 5.03. The van der Waals surface area contributed by atoms with Crippen molar-refractivity contribution >= 4 is 71.5 Å². The van der Waals surface area contributed by atoms with Crippen molar-refractivity contribution in [2.45, 2.75) is 0 Å². The summed E-state index contributed by atoms with van der Waals surface area (Å²) in [6.45, 7) is 0. The van der Waals surface area contributed by atoms with Gasteiger partial charge in [0.1, 0.15) is 5.52 Å². The second kappa shape index (κ2) is 12.6. The number of benzene rings is 9. The lowest BCUT2D eigenvalue weighted by Gasteiger charge is -2.27. The zero-order valence-electron chi connectivity index (χ0n) is 29.8. The topological polar surface area (TPSA) is 34.2 Å². The zero-order chi connectivity index (χ0) is 36.3.